The molecule has 3 heterocycles. The summed E-state index contributed by atoms with van der Waals surface area (Å²) in [6.07, 6.45) is 1.56. The van der Waals surface area contributed by atoms with Gasteiger partial charge in [-0.25, -0.2) is 18.3 Å². The molecule has 0 bridgehead atoms. The third-order valence-electron chi connectivity index (χ3n) is 6.44. The summed E-state index contributed by atoms with van der Waals surface area (Å²) >= 11 is 0. The molecular formula is C28H31F2N7O4. The lowest BCUT2D eigenvalue weighted by atomic mass is 9.93. The van der Waals surface area contributed by atoms with Crippen molar-refractivity contribution in [1.29, 1.82) is 0 Å². The van der Waals surface area contributed by atoms with Gasteiger partial charge in [0.05, 0.1) is 25.1 Å². The second-order valence-corrected chi connectivity index (χ2v) is 10.6. The maximum Gasteiger partial charge on any atom is 0.325 e. The maximum absolute atomic E-state index is 14.8. The van der Waals surface area contributed by atoms with E-state index >= 15 is 0 Å². The van der Waals surface area contributed by atoms with Crippen LogP contribution < -0.4 is 15.4 Å². The van der Waals surface area contributed by atoms with E-state index < -0.39 is 23.4 Å². The lowest BCUT2D eigenvalue weighted by Crippen LogP contribution is -2.38. The number of anilines is 2. The molecule has 216 valence electrons. The number of amides is 2. The van der Waals surface area contributed by atoms with Crippen LogP contribution >= 0.6 is 0 Å². The van der Waals surface area contributed by atoms with Crippen LogP contribution in [0.5, 0.6) is 5.75 Å². The Balaban J connectivity index is 1.20. The SMILES string of the molecule is CC(C)(C)c1cc(NC(=O)Nc2c(F)cc(-n3cc(-c4ccc(OCCN5CCOCC5)cc4)nn3)cc2F)no1. The van der Waals surface area contributed by atoms with Gasteiger partial charge in [-0.3, -0.25) is 10.2 Å². The molecule has 5 rings (SSSR count). The van der Waals surface area contributed by atoms with Gasteiger partial charge in [0.2, 0.25) is 0 Å². The van der Waals surface area contributed by atoms with Crippen molar-refractivity contribution in [2.45, 2.75) is 26.2 Å². The third kappa shape index (κ3) is 7.05. The molecule has 2 amide bonds. The molecule has 1 saturated heterocycles. The molecule has 13 heteroatoms. The molecule has 0 unspecified atom stereocenters. The Morgan fingerprint density at radius 1 is 1.05 bits per heavy atom. The van der Waals surface area contributed by atoms with E-state index in [0.717, 1.165) is 56.3 Å². The second-order valence-electron chi connectivity index (χ2n) is 10.6. The largest absolute Gasteiger partial charge is 0.492 e. The minimum Gasteiger partial charge on any atom is -0.492 e. The Hall–Kier alpha value is -4.36. The number of rotatable bonds is 8. The summed E-state index contributed by atoms with van der Waals surface area (Å²) in [7, 11) is 0. The molecule has 1 fully saturated rings. The van der Waals surface area contributed by atoms with Crippen molar-refractivity contribution >= 4 is 17.5 Å². The minimum atomic E-state index is -0.985. The minimum absolute atomic E-state index is 0.0964. The zero-order chi connectivity index (χ0) is 29.0. The number of nitrogens with one attached hydrogen (secondary N) is 2. The number of hydrogen-bond acceptors (Lipinski definition) is 8. The number of halogens is 2. The summed E-state index contributed by atoms with van der Waals surface area (Å²) in [4.78, 5) is 14.6. The first-order valence-corrected chi connectivity index (χ1v) is 13.2. The van der Waals surface area contributed by atoms with Crippen molar-refractivity contribution in [1.82, 2.24) is 25.1 Å². The molecule has 0 radical (unpaired) electrons. The van der Waals surface area contributed by atoms with Gasteiger partial charge in [-0.05, 0) is 24.3 Å². The van der Waals surface area contributed by atoms with Gasteiger partial charge in [-0.15, -0.1) is 5.10 Å². The lowest BCUT2D eigenvalue weighted by molar-refractivity contribution is 0.0322. The Kier molecular flexibility index (Phi) is 8.26. The third-order valence-corrected chi connectivity index (χ3v) is 6.44. The van der Waals surface area contributed by atoms with Crippen LogP contribution in [0.1, 0.15) is 26.5 Å². The zero-order valence-electron chi connectivity index (χ0n) is 23.0. The molecule has 4 aromatic rings. The van der Waals surface area contributed by atoms with E-state index in [-0.39, 0.29) is 16.9 Å². The number of nitrogens with zero attached hydrogens (tertiary/aromatic N) is 5. The molecule has 41 heavy (non-hydrogen) atoms. The Labute approximate surface area is 235 Å². The van der Waals surface area contributed by atoms with Crippen LogP contribution in [0.25, 0.3) is 16.9 Å². The van der Waals surface area contributed by atoms with Gasteiger partial charge in [0.25, 0.3) is 0 Å². The van der Waals surface area contributed by atoms with Gasteiger partial charge in [-0.2, -0.15) is 0 Å². The molecule has 0 atom stereocenters. The van der Waals surface area contributed by atoms with Crippen molar-refractivity contribution in [3.63, 3.8) is 0 Å². The lowest BCUT2D eigenvalue weighted by Gasteiger charge is -2.26. The molecular weight excluding hydrogens is 536 g/mol. The number of benzene rings is 2. The molecule has 0 spiro atoms. The average Bonchev–Trinajstić information content (AvgIpc) is 3.62. The van der Waals surface area contributed by atoms with E-state index in [1.807, 2.05) is 45.0 Å². The smallest absolute Gasteiger partial charge is 0.325 e. The van der Waals surface area contributed by atoms with Crippen LogP contribution in [-0.2, 0) is 10.2 Å². The standard InChI is InChI=1S/C28H31F2N7O4/c1-28(2,3)24-16-25(34-41-24)31-27(38)32-26-21(29)14-19(15-22(26)30)37-17-23(33-35-37)18-4-6-20(7-5-18)40-13-10-36-8-11-39-12-9-36/h4-7,14-17H,8-13H2,1-3H3,(H2,31,32,34,38). The van der Waals surface area contributed by atoms with Gasteiger partial charge < -0.3 is 19.3 Å². The first kappa shape index (κ1) is 28.2. The van der Waals surface area contributed by atoms with E-state index in [4.69, 9.17) is 14.0 Å². The van der Waals surface area contributed by atoms with Crippen LogP contribution in [0.2, 0.25) is 0 Å². The van der Waals surface area contributed by atoms with Crippen LogP contribution in [-0.4, -0.2) is 70.5 Å². The number of urea groups is 1. The molecule has 0 aliphatic carbocycles. The normalized spacial score (nSPS) is 14.2. The monoisotopic (exact) mass is 567 g/mol. The van der Waals surface area contributed by atoms with Gasteiger partial charge in [0, 0.05) is 48.8 Å². The highest BCUT2D eigenvalue weighted by Crippen LogP contribution is 2.27. The fourth-order valence-electron chi connectivity index (χ4n) is 4.12. The van der Waals surface area contributed by atoms with Crippen LogP contribution in [0.3, 0.4) is 0 Å². The Morgan fingerprint density at radius 3 is 2.41 bits per heavy atom. The fraction of sp³-hybridized carbons (Fsp3) is 0.357. The maximum atomic E-state index is 14.8. The topological polar surface area (TPSA) is 120 Å². The summed E-state index contributed by atoms with van der Waals surface area (Å²) in [6, 6.07) is 10.1. The highest BCUT2D eigenvalue weighted by molar-refractivity contribution is 5.99. The van der Waals surface area contributed by atoms with Gasteiger partial charge in [-0.1, -0.05) is 31.1 Å². The first-order chi connectivity index (χ1) is 19.7. The highest BCUT2D eigenvalue weighted by atomic mass is 19.1. The van der Waals surface area contributed by atoms with Gasteiger partial charge in [0.15, 0.2) is 17.5 Å². The molecule has 2 aromatic heterocycles. The number of carbonyl (C=O) groups excluding carboxylic acids is 1. The van der Waals surface area contributed by atoms with E-state index in [0.29, 0.717) is 18.1 Å². The summed E-state index contributed by atoms with van der Waals surface area (Å²) < 4.78 is 47.3. The Bertz CT molecular complexity index is 1470. The number of morpholine rings is 1. The predicted octanol–water partition coefficient (Wildman–Crippen LogP) is 4.85. The number of hydrogen-bond donors (Lipinski definition) is 2. The zero-order valence-corrected chi connectivity index (χ0v) is 23.0. The highest BCUT2D eigenvalue weighted by Gasteiger charge is 2.21. The van der Waals surface area contributed by atoms with Crippen molar-refractivity contribution < 1.29 is 27.6 Å². The van der Waals surface area contributed by atoms with E-state index in [1.54, 1.807) is 12.3 Å². The van der Waals surface area contributed by atoms with Crippen LogP contribution in [0, 0.1) is 11.6 Å². The van der Waals surface area contributed by atoms with Crippen molar-refractivity contribution in [3.8, 4) is 22.7 Å². The molecule has 2 N–H and O–H groups in total. The van der Waals surface area contributed by atoms with Crippen molar-refractivity contribution in [2.75, 3.05) is 50.1 Å². The first-order valence-electron chi connectivity index (χ1n) is 13.2. The summed E-state index contributed by atoms with van der Waals surface area (Å²) in [5.74, 6) is -0.579. The second kappa shape index (κ2) is 12.0. The quantitative estimate of drug-likeness (QED) is 0.310. The number of ether oxygens (including phenoxy) is 2. The van der Waals surface area contributed by atoms with E-state index in [1.165, 1.54) is 4.68 Å². The Morgan fingerprint density at radius 2 is 1.76 bits per heavy atom. The van der Waals surface area contributed by atoms with Gasteiger partial charge in [0.1, 0.15) is 29.5 Å². The number of aromatic nitrogens is 4. The molecule has 0 saturated carbocycles. The number of carbonyl (C=O) groups is 1. The molecule has 11 nitrogen and oxygen atoms in total. The average molecular weight is 568 g/mol. The van der Waals surface area contributed by atoms with Crippen LogP contribution in [0.4, 0.5) is 25.1 Å². The van der Waals surface area contributed by atoms with Crippen molar-refractivity contribution in [3.05, 3.63) is 66.1 Å². The summed E-state index contributed by atoms with van der Waals surface area (Å²) in [6.45, 7) is 10.5. The van der Waals surface area contributed by atoms with Crippen LogP contribution in [0.15, 0.2) is 53.2 Å². The fourth-order valence-corrected chi connectivity index (χ4v) is 4.12. The predicted molar refractivity (Wildman–Crippen MR) is 147 cm³/mol. The molecule has 1 aliphatic heterocycles. The van der Waals surface area contributed by atoms with E-state index in [2.05, 4.69) is 31.0 Å². The van der Waals surface area contributed by atoms with Crippen molar-refractivity contribution in [2.24, 2.45) is 0 Å². The molecule has 2 aromatic carbocycles. The molecule has 1 aliphatic rings. The summed E-state index contributed by atoms with van der Waals surface area (Å²) in [5, 5.41) is 16.5. The van der Waals surface area contributed by atoms with Gasteiger partial charge >= 0.3 is 6.03 Å². The van der Waals surface area contributed by atoms with E-state index in [9.17, 15) is 13.6 Å². The summed E-state index contributed by atoms with van der Waals surface area (Å²) in [5.41, 5.74) is 0.429.